The zero-order valence-corrected chi connectivity index (χ0v) is 13.1. The first kappa shape index (κ1) is 15.6. The molecule has 6 nitrogen and oxygen atoms in total. The maximum Gasteiger partial charge on any atom is 0.248 e. The van der Waals surface area contributed by atoms with E-state index in [0.29, 0.717) is 22.9 Å². The van der Waals surface area contributed by atoms with Crippen LogP contribution in [0.5, 0.6) is 11.5 Å². The van der Waals surface area contributed by atoms with Crippen LogP contribution in [0, 0.1) is 0 Å². The van der Waals surface area contributed by atoms with Gasteiger partial charge in [-0.05, 0) is 48.5 Å². The average Bonchev–Trinajstić information content (AvgIpc) is 3.09. The summed E-state index contributed by atoms with van der Waals surface area (Å²) in [5, 5.41) is 0. The Morgan fingerprint density at radius 2 is 1.75 bits per heavy atom. The van der Waals surface area contributed by atoms with Crippen LogP contribution < -0.4 is 15.2 Å². The molecule has 0 aliphatic rings. The number of carbonyl (C=O) groups is 1. The first-order chi connectivity index (χ1) is 11.7. The number of nitrogens with zero attached hydrogens (tertiary/aromatic N) is 1. The molecule has 0 unspecified atom stereocenters. The number of oxazole rings is 1. The van der Waals surface area contributed by atoms with Crippen molar-refractivity contribution in [3.05, 3.63) is 66.1 Å². The Morgan fingerprint density at radius 1 is 1.08 bits per heavy atom. The largest absolute Gasteiger partial charge is 0.497 e. The van der Waals surface area contributed by atoms with Crippen LogP contribution in [0.2, 0.25) is 0 Å². The SMILES string of the molecule is COc1ccc(-c2nc(COc3ccc(C(N)=O)cc3)co2)cc1. The Morgan fingerprint density at radius 3 is 2.38 bits per heavy atom. The second-order valence-electron chi connectivity index (χ2n) is 5.05. The van der Waals surface area contributed by atoms with E-state index in [4.69, 9.17) is 19.6 Å². The van der Waals surface area contributed by atoms with Gasteiger partial charge in [-0.25, -0.2) is 4.98 Å². The van der Waals surface area contributed by atoms with Crippen molar-refractivity contribution in [1.29, 1.82) is 0 Å². The molecule has 2 aromatic carbocycles. The van der Waals surface area contributed by atoms with Gasteiger partial charge in [0.2, 0.25) is 11.8 Å². The monoisotopic (exact) mass is 324 g/mol. The second kappa shape index (κ2) is 6.87. The Hall–Kier alpha value is -3.28. The zero-order chi connectivity index (χ0) is 16.9. The molecule has 1 heterocycles. The maximum absolute atomic E-state index is 11.0. The molecule has 2 N–H and O–H groups in total. The molecule has 0 saturated carbocycles. The molecule has 0 atom stereocenters. The van der Waals surface area contributed by atoms with Crippen LogP contribution in [0.3, 0.4) is 0 Å². The molecule has 1 aromatic heterocycles. The summed E-state index contributed by atoms with van der Waals surface area (Å²) in [6.07, 6.45) is 1.55. The molecule has 0 radical (unpaired) electrons. The lowest BCUT2D eigenvalue weighted by Crippen LogP contribution is -2.10. The number of amides is 1. The smallest absolute Gasteiger partial charge is 0.248 e. The summed E-state index contributed by atoms with van der Waals surface area (Å²) in [4.78, 5) is 15.4. The van der Waals surface area contributed by atoms with Gasteiger partial charge in [-0.1, -0.05) is 0 Å². The van der Waals surface area contributed by atoms with E-state index in [1.54, 1.807) is 37.6 Å². The van der Waals surface area contributed by atoms with Gasteiger partial charge in [0.15, 0.2) is 0 Å². The fourth-order valence-corrected chi connectivity index (χ4v) is 2.11. The van der Waals surface area contributed by atoms with Gasteiger partial charge in [-0.15, -0.1) is 0 Å². The highest BCUT2D eigenvalue weighted by molar-refractivity contribution is 5.92. The number of aromatic nitrogens is 1. The van der Waals surface area contributed by atoms with Crippen molar-refractivity contribution in [3.63, 3.8) is 0 Å². The summed E-state index contributed by atoms with van der Waals surface area (Å²) < 4.78 is 16.2. The lowest BCUT2D eigenvalue weighted by molar-refractivity contribution is 0.1000. The Labute approximate surface area is 138 Å². The summed E-state index contributed by atoms with van der Waals surface area (Å²) in [6, 6.07) is 14.0. The zero-order valence-electron chi connectivity index (χ0n) is 13.1. The second-order valence-corrected chi connectivity index (χ2v) is 5.05. The molecule has 6 heteroatoms. The number of carbonyl (C=O) groups excluding carboxylic acids is 1. The Kier molecular flexibility index (Phi) is 4.47. The number of primary amides is 1. The molecule has 0 saturated heterocycles. The summed E-state index contributed by atoms with van der Waals surface area (Å²) in [7, 11) is 1.62. The molecule has 0 bridgehead atoms. The quantitative estimate of drug-likeness (QED) is 0.753. The summed E-state index contributed by atoms with van der Waals surface area (Å²) in [5.74, 6) is 1.43. The fourth-order valence-electron chi connectivity index (χ4n) is 2.11. The van der Waals surface area contributed by atoms with Gasteiger partial charge in [0.1, 0.15) is 30.1 Å². The van der Waals surface area contributed by atoms with Crippen LogP contribution in [0.4, 0.5) is 0 Å². The standard InChI is InChI=1S/C18H16N2O4/c1-22-15-6-4-13(5-7-15)18-20-14(11-24-18)10-23-16-8-2-12(3-9-16)17(19)21/h2-9,11H,10H2,1H3,(H2,19,21). The van der Waals surface area contributed by atoms with Gasteiger partial charge >= 0.3 is 0 Å². The molecular formula is C18H16N2O4. The number of benzene rings is 2. The molecule has 24 heavy (non-hydrogen) atoms. The number of methoxy groups -OCH3 is 1. The van der Waals surface area contributed by atoms with Crippen LogP contribution in [-0.2, 0) is 6.61 Å². The van der Waals surface area contributed by atoms with Crippen LogP contribution in [0.1, 0.15) is 16.1 Å². The van der Waals surface area contributed by atoms with Gasteiger partial charge in [-0.3, -0.25) is 4.79 Å². The Balaban J connectivity index is 1.64. The van der Waals surface area contributed by atoms with Crippen molar-refractivity contribution in [2.75, 3.05) is 7.11 Å². The third kappa shape index (κ3) is 3.55. The van der Waals surface area contributed by atoms with E-state index in [1.807, 2.05) is 24.3 Å². The van der Waals surface area contributed by atoms with Crippen LogP contribution >= 0.6 is 0 Å². The van der Waals surface area contributed by atoms with Gasteiger partial charge < -0.3 is 19.6 Å². The van der Waals surface area contributed by atoms with Crippen molar-refractivity contribution < 1.29 is 18.7 Å². The van der Waals surface area contributed by atoms with E-state index >= 15 is 0 Å². The summed E-state index contributed by atoms with van der Waals surface area (Å²) >= 11 is 0. The predicted octanol–water partition coefficient (Wildman–Crippen LogP) is 3.03. The van der Waals surface area contributed by atoms with Crippen molar-refractivity contribution in [1.82, 2.24) is 4.98 Å². The Bertz CT molecular complexity index is 823. The third-order valence-electron chi connectivity index (χ3n) is 3.41. The van der Waals surface area contributed by atoms with E-state index in [1.165, 1.54) is 0 Å². The van der Waals surface area contributed by atoms with Crippen LogP contribution in [0.15, 0.2) is 59.2 Å². The molecule has 0 fully saturated rings. The lowest BCUT2D eigenvalue weighted by atomic mass is 10.2. The highest BCUT2D eigenvalue weighted by Crippen LogP contribution is 2.22. The van der Waals surface area contributed by atoms with Crippen molar-refractivity contribution in [2.24, 2.45) is 5.73 Å². The molecule has 0 aliphatic carbocycles. The fraction of sp³-hybridized carbons (Fsp3) is 0.111. The van der Waals surface area contributed by atoms with Crippen molar-refractivity contribution in [2.45, 2.75) is 6.61 Å². The van der Waals surface area contributed by atoms with Crippen molar-refractivity contribution in [3.8, 4) is 23.0 Å². The van der Waals surface area contributed by atoms with Gasteiger partial charge in [-0.2, -0.15) is 0 Å². The highest BCUT2D eigenvalue weighted by atomic mass is 16.5. The number of ether oxygens (including phenoxy) is 2. The van der Waals surface area contributed by atoms with E-state index in [2.05, 4.69) is 4.98 Å². The minimum atomic E-state index is -0.470. The molecule has 3 aromatic rings. The first-order valence-corrected chi connectivity index (χ1v) is 7.27. The van der Waals surface area contributed by atoms with E-state index in [-0.39, 0.29) is 6.61 Å². The number of hydrogen-bond donors (Lipinski definition) is 1. The minimum Gasteiger partial charge on any atom is -0.497 e. The number of hydrogen-bond acceptors (Lipinski definition) is 5. The lowest BCUT2D eigenvalue weighted by Gasteiger charge is -2.04. The van der Waals surface area contributed by atoms with Gasteiger partial charge in [0, 0.05) is 11.1 Å². The van der Waals surface area contributed by atoms with Gasteiger partial charge in [0.25, 0.3) is 0 Å². The van der Waals surface area contributed by atoms with E-state index < -0.39 is 5.91 Å². The number of nitrogens with two attached hydrogens (primary N) is 1. The number of rotatable bonds is 6. The van der Waals surface area contributed by atoms with Crippen LogP contribution in [-0.4, -0.2) is 18.0 Å². The van der Waals surface area contributed by atoms with E-state index in [0.717, 1.165) is 11.3 Å². The molecule has 1 amide bonds. The third-order valence-corrected chi connectivity index (χ3v) is 3.41. The topological polar surface area (TPSA) is 87.6 Å². The molecule has 0 spiro atoms. The van der Waals surface area contributed by atoms with Gasteiger partial charge in [0.05, 0.1) is 7.11 Å². The molecule has 0 aliphatic heterocycles. The summed E-state index contributed by atoms with van der Waals surface area (Å²) in [6.45, 7) is 0.259. The predicted molar refractivity (Wildman–Crippen MR) is 87.8 cm³/mol. The molecule has 3 rings (SSSR count). The first-order valence-electron chi connectivity index (χ1n) is 7.27. The molecular weight excluding hydrogens is 308 g/mol. The maximum atomic E-state index is 11.0. The minimum absolute atomic E-state index is 0.259. The van der Waals surface area contributed by atoms with E-state index in [9.17, 15) is 4.79 Å². The summed E-state index contributed by atoms with van der Waals surface area (Å²) in [5.41, 5.74) is 7.15. The highest BCUT2D eigenvalue weighted by Gasteiger charge is 2.08. The van der Waals surface area contributed by atoms with Crippen molar-refractivity contribution >= 4 is 5.91 Å². The van der Waals surface area contributed by atoms with Crippen LogP contribution in [0.25, 0.3) is 11.5 Å². The molecule has 122 valence electrons. The average molecular weight is 324 g/mol. The normalized spacial score (nSPS) is 10.4.